The van der Waals surface area contributed by atoms with Crippen LogP contribution in [0, 0.1) is 0 Å². The number of benzene rings is 2. The molecule has 0 spiro atoms. The fraction of sp³-hybridized carbons (Fsp3) is 0.350. The van der Waals surface area contributed by atoms with E-state index in [0.29, 0.717) is 18.7 Å². The standard InChI is InChI=1S/C20H23FN2O/c1-22-12-14-23(15-13-22)19(24)20(21,18-10-6-3-7-11-18)16-17-8-4-2-5-9-17/h2-11H,12-16H2,1H3/t20-/m0/s1. The number of amides is 1. The molecule has 0 aliphatic carbocycles. The molecule has 1 aliphatic rings. The Balaban J connectivity index is 1.91. The summed E-state index contributed by atoms with van der Waals surface area (Å²) < 4.78 is 16.1. The van der Waals surface area contributed by atoms with Gasteiger partial charge in [-0.2, -0.15) is 0 Å². The van der Waals surface area contributed by atoms with Crippen molar-refractivity contribution in [3.63, 3.8) is 0 Å². The van der Waals surface area contributed by atoms with Gasteiger partial charge in [-0.15, -0.1) is 0 Å². The topological polar surface area (TPSA) is 23.6 Å². The highest BCUT2D eigenvalue weighted by molar-refractivity contribution is 5.87. The van der Waals surface area contributed by atoms with Crippen molar-refractivity contribution in [1.82, 2.24) is 9.80 Å². The molecular weight excluding hydrogens is 303 g/mol. The number of piperazine rings is 1. The van der Waals surface area contributed by atoms with Crippen molar-refractivity contribution in [2.75, 3.05) is 33.2 Å². The Kier molecular flexibility index (Phi) is 4.95. The van der Waals surface area contributed by atoms with Crippen molar-refractivity contribution in [3.05, 3.63) is 71.8 Å². The van der Waals surface area contributed by atoms with Crippen molar-refractivity contribution in [2.45, 2.75) is 12.1 Å². The van der Waals surface area contributed by atoms with Gasteiger partial charge in [-0.1, -0.05) is 60.7 Å². The molecule has 1 atom stereocenters. The van der Waals surface area contributed by atoms with E-state index in [-0.39, 0.29) is 6.42 Å². The molecule has 4 heteroatoms. The molecule has 0 N–H and O–H groups in total. The summed E-state index contributed by atoms with van der Waals surface area (Å²) in [5, 5.41) is 0. The number of hydrogen-bond donors (Lipinski definition) is 0. The predicted octanol–water partition coefficient (Wildman–Crippen LogP) is 2.87. The summed E-state index contributed by atoms with van der Waals surface area (Å²) in [6, 6.07) is 18.2. The van der Waals surface area contributed by atoms with Gasteiger partial charge in [0.15, 0.2) is 0 Å². The minimum atomic E-state index is -2.03. The van der Waals surface area contributed by atoms with Crippen LogP contribution in [0.5, 0.6) is 0 Å². The molecule has 3 nitrogen and oxygen atoms in total. The smallest absolute Gasteiger partial charge is 0.265 e. The molecule has 1 amide bonds. The first-order chi connectivity index (χ1) is 11.6. The second kappa shape index (κ2) is 7.14. The van der Waals surface area contributed by atoms with Crippen LogP contribution < -0.4 is 0 Å². The van der Waals surface area contributed by atoms with Crippen LogP contribution in [0.1, 0.15) is 11.1 Å². The fourth-order valence-corrected chi connectivity index (χ4v) is 3.14. The molecule has 24 heavy (non-hydrogen) atoms. The maximum atomic E-state index is 16.1. The molecule has 1 heterocycles. The average molecular weight is 326 g/mol. The average Bonchev–Trinajstić information content (AvgIpc) is 2.63. The number of carbonyl (C=O) groups is 1. The maximum absolute atomic E-state index is 16.1. The Morgan fingerprint density at radius 1 is 0.958 bits per heavy atom. The van der Waals surface area contributed by atoms with E-state index in [0.717, 1.165) is 18.7 Å². The highest BCUT2D eigenvalue weighted by atomic mass is 19.1. The molecule has 1 saturated heterocycles. The van der Waals surface area contributed by atoms with Crippen molar-refractivity contribution < 1.29 is 9.18 Å². The van der Waals surface area contributed by atoms with Crippen LogP contribution in [-0.2, 0) is 16.9 Å². The molecule has 2 aromatic rings. The molecule has 0 saturated carbocycles. The molecule has 0 radical (unpaired) electrons. The number of carbonyl (C=O) groups excluding carboxylic acids is 1. The van der Waals surface area contributed by atoms with Gasteiger partial charge in [0.25, 0.3) is 5.91 Å². The molecule has 126 valence electrons. The molecule has 3 rings (SSSR count). The second-order valence-corrected chi connectivity index (χ2v) is 6.43. The highest BCUT2D eigenvalue weighted by Crippen LogP contribution is 2.33. The normalized spacial score (nSPS) is 18.2. The van der Waals surface area contributed by atoms with Crippen molar-refractivity contribution >= 4 is 5.91 Å². The molecule has 0 aromatic heterocycles. The summed E-state index contributed by atoms with van der Waals surface area (Å²) in [5.74, 6) is -0.425. The maximum Gasteiger partial charge on any atom is 0.265 e. The van der Waals surface area contributed by atoms with Gasteiger partial charge in [0.05, 0.1) is 0 Å². The SMILES string of the molecule is CN1CCN(C(=O)[C@](F)(Cc2ccccc2)c2ccccc2)CC1. The molecule has 0 bridgehead atoms. The summed E-state index contributed by atoms with van der Waals surface area (Å²) in [5.41, 5.74) is -0.775. The van der Waals surface area contributed by atoms with Gasteiger partial charge in [0.2, 0.25) is 5.67 Å². The van der Waals surface area contributed by atoms with Crippen LogP contribution in [0.25, 0.3) is 0 Å². The zero-order valence-electron chi connectivity index (χ0n) is 14.0. The third-order valence-corrected chi connectivity index (χ3v) is 4.65. The number of hydrogen-bond acceptors (Lipinski definition) is 2. The quantitative estimate of drug-likeness (QED) is 0.862. The van der Waals surface area contributed by atoms with E-state index in [1.807, 2.05) is 43.4 Å². The number of nitrogens with zero attached hydrogens (tertiary/aromatic N) is 2. The van der Waals surface area contributed by atoms with Crippen molar-refractivity contribution in [3.8, 4) is 0 Å². The number of halogens is 1. The van der Waals surface area contributed by atoms with E-state index in [2.05, 4.69) is 4.90 Å². The van der Waals surface area contributed by atoms with E-state index in [9.17, 15) is 4.79 Å². The largest absolute Gasteiger partial charge is 0.337 e. The van der Waals surface area contributed by atoms with E-state index in [1.54, 1.807) is 29.2 Å². The van der Waals surface area contributed by atoms with Gasteiger partial charge in [0.1, 0.15) is 0 Å². The lowest BCUT2D eigenvalue weighted by Crippen LogP contribution is -2.53. The summed E-state index contributed by atoms with van der Waals surface area (Å²) in [4.78, 5) is 16.9. The van der Waals surface area contributed by atoms with Crippen LogP contribution in [0.3, 0.4) is 0 Å². The molecule has 0 unspecified atom stereocenters. The van der Waals surface area contributed by atoms with Gasteiger partial charge in [-0.05, 0) is 18.2 Å². The Morgan fingerprint density at radius 3 is 2.08 bits per heavy atom. The van der Waals surface area contributed by atoms with E-state index >= 15 is 4.39 Å². The highest BCUT2D eigenvalue weighted by Gasteiger charge is 2.43. The van der Waals surface area contributed by atoms with Gasteiger partial charge < -0.3 is 9.80 Å². The zero-order chi connectivity index (χ0) is 17.0. The van der Waals surface area contributed by atoms with Crippen LogP contribution in [0.15, 0.2) is 60.7 Å². The molecule has 2 aromatic carbocycles. The van der Waals surface area contributed by atoms with E-state index in [4.69, 9.17) is 0 Å². The monoisotopic (exact) mass is 326 g/mol. The minimum absolute atomic E-state index is 0.0586. The predicted molar refractivity (Wildman–Crippen MR) is 93.5 cm³/mol. The van der Waals surface area contributed by atoms with Crippen LogP contribution in [-0.4, -0.2) is 48.9 Å². The lowest BCUT2D eigenvalue weighted by molar-refractivity contribution is -0.146. The van der Waals surface area contributed by atoms with Gasteiger partial charge in [0, 0.05) is 32.6 Å². The Hall–Kier alpha value is -2.20. The van der Waals surface area contributed by atoms with Crippen molar-refractivity contribution in [2.24, 2.45) is 0 Å². The third-order valence-electron chi connectivity index (χ3n) is 4.65. The number of rotatable bonds is 4. The van der Waals surface area contributed by atoms with Gasteiger partial charge in [-0.3, -0.25) is 4.79 Å². The summed E-state index contributed by atoms with van der Waals surface area (Å²) >= 11 is 0. The van der Waals surface area contributed by atoms with Crippen molar-refractivity contribution in [1.29, 1.82) is 0 Å². The summed E-state index contributed by atoms with van der Waals surface area (Å²) in [6.45, 7) is 2.70. The number of likely N-dealkylation sites (N-methyl/N-ethyl adjacent to an activating group) is 1. The number of alkyl halides is 1. The second-order valence-electron chi connectivity index (χ2n) is 6.43. The van der Waals surface area contributed by atoms with Crippen LogP contribution in [0.4, 0.5) is 4.39 Å². The minimum Gasteiger partial charge on any atom is -0.337 e. The Morgan fingerprint density at radius 2 is 1.50 bits per heavy atom. The Bertz CT molecular complexity index is 669. The van der Waals surface area contributed by atoms with Gasteiger partial charge in [-0.25, -0.2) is 4.39 Å². The molecular formula is C20H23FN2O. The molecule has 1 aliphatic heterocycles. The summed E-state index contributed by atoms with van der Waals surface area (Å²) in [7, 11) is 2.02. The van der Waals surface area contributed by atoms with E-state index in [1.165, 1.54) is 0 Å². The lowest BCUT2D eigenvalue weighted by atomic mass is 9.87. The first-order valence-electron chi connectivity index (χ1n) is 8.36. The fourth-order valence-electron chi connectivity index (χ4n) is 3.14. The lowest BCUT2D eigenvalue weighted by Gasteiger charge is -2.37. The first kappa shape index (κ1) is 16.7. The third kappa shape index (κ3) is 3.49. The van der Waals surface area contributed by atoms with Gasteiger partial charge >= 0.3 is 0 Å². The molecule has 1 fully saturated rings. The van der Waals surface area contributed by atoms with Crippen LogP contribution >= 0.6 is 0 Å². The summed E-state index contributed by atoms with van der Waals surface area (Å²) in [6.07, 6.45) is 0.0586. The van der Waals surface area contributed by atoms with Crippen LogP contribution in [0.2, 0.25) is 0 Å². The van der Waals surface area contributed by atoms with E-state index < -0.39 is 11.6 Å². The Labute approximate surface area is 142 Å². The zero-order valence-corrected chi connectivity index (χ0v) is 14.0. The first-order valence-corrected chi connectivity index (χ1v) is 8.36.